The minimum absolute atomic E-state index is 0.461. The highest BCUT2D eigenvalue weighted by molar-refractivity contribution is 5.55. The first-order valence-corrected chi connectivity index (χ1v) is 6.40. The monoisotopic (exact) mass is 248 g/mol. The predicted molar refractivity (Wildman–Crippen MR) is 70.2 cm³/mol. The van der Waals surface area contributed by atoms with Crippen LogP contribution in [0.3, 0.4) is 0 Å². The molecule has 1 atom stereocenters. The van der Waals surface area contributed by atoms with Gasteiger partial charge in [0.2, 0.25) is 0 Å². The molecule has 0 amide bonds. The maximum atomic E-state index is 10.4. The topological polar surface area (TPSA) is 43.8 Å². The molecule has 1 unspecified atom stereocenters. The van der Waals surface area contributed by atoms with Crippen LogP contribution in [0.25, 0.3) is 0 Å². The first-order chi connectivity index (χ1) is 8.78. The number of hydrogen-bond donors (Lipinski definition) is 1. The van der Waals surface area contributed by atoms with E-state index in [0.717, 1.165) is 32.7 Å². The van der Waals surface area contributed by atoms with Gasteiger partial charge in [-0.1, -0.05) is 30.3 Å². The van der Waals surface area contributed by atoms with Crippen LogP contribution in [0, 0.1) is 0 Å². The molecule has 0 radical (unpaired) electrons. The van der Waals surface area contributed by atoms with E-state index < -0.39 is 6.10 Å². The summed E-state index contributed by atoms with van der Waals surface area (Å²) in [4.78, 5) is 14.9. The van der Waals surface area contributed by atoms with E-state index in [-0.39, 0.29) is 0 Å². The molecule has 0 aromatic heterocycles. The molecule has 0 spiro atoms. The van der Waals surface area contributed by atoms with Gasteiger partial charge in [0.05, 0.1) is 0 Å². The van der Waals surface area contributed by atoms with Crippen molar-refractivity contribution in [3.05, 3.63) is 35.9 Å². The SMILES string of the molecule is O=CC(O)CN1CCN(Cc2ccccc2)CC1. The molecule has 1 aromatic rings. The first-order valence-electron chi connectivity index (χ1n) is 6.40. The second-order valence-corrected chi connectivity index (χ2v) is 4.77. The second kappa shape index (κ2) is 6.64. The van der Waals surface area contributed by atoms with Gasteiger partial charge in [-0.05, 0) is 5.56 Å². The number of aldehydes is 1. The standard InChI is InChI=1S/C14H20N2O2/c17-12-14(18)11-16-8-6-15(7-9-16)10-13-4-2-1-3-5-13/h1-5,12,14,18H,6-11H2. The molecule has 18 heavy (non-hydrogen) atoms. The Kier molecular flexibility index (Phi) is 4.87. The van der Waals surface area contributed by atoms with Crippen molar-refractivity contribution < 1.29 is 9.90 Å². The number of nitrogens with zero attached hydrogens (tertiary/aromatic N) is 2. The van der Waals surface area contributed by atoms with E-state index in [9.17, 15) is 9.90 Å². The number of carbonyl (C=O) groups excluding carboxylic acids is 1. The normalized spacial score (nSPS) is 19.6. The molecule has 1 aromatic carbocycles. The Bertz CT molecular complexity index is 361. The lowest BCUT2D eigenvalue weighted by atomic mass is 10.2. The lowest BCUT2D eigenvalue weighted by molar-refractivity contribution is -0.115. The summed E-state index contributed by atoms with van der Waals surface area (Å²) in [5.74, 6) is 0. The van der Waals surface area contributed by atoms with Gasteiger partial charge in [0.15, 0.2) is 0 Å². The number of aliphatic hydroxyl groups is 1. The van der Waals surface area contributed by atoms with Crippen molar-refractivity contribution in [2.24, 2.45) is 0 Å². The summed E-state index contributed by atoms with van der Waals surface area (Å²) in [6, 6.07) is 10.4. The van der Waals surface area contributed by atoms with Gasteiger partial charge >= 0.3 is 0 Å². The molecule has 1 N–H and O–H groups in total. The summed E-state index contributed by atoms with van der Waals surface area (Å²) in [5, 5.41) is 9.29. The summed E-state index contributed by atoms with van der Waals surface area (Å²) >= 11 is 0. The van der Waals surface area contributed by atoms with Crippen LogP contribution in [0.5, 0.6) is 0 Å². The van der Waals surface area contributed by atoms with Crippen LogP contribution in [0.2, 0.25) is 0 Å². The number of hydrogen-bond acceptors (Lipinski definition) is 4. The number of carbonyl (C=O) groups is 1. The fraction of sp³-hybridized carbons (Fsp3) is 0.500. The Morgan fingerprint density at radius 3 is 2.33 bits per heavy atom. The Balaban J connectivity index is 1.75. The molecule has 1 saturated heterocycles. The van der Waals surface area contributed by atoms with Crippen LogP contribution in [-0.2, 0) is 11.3 Å². The third-order valence-corrected chi connectivity index (χ3v) is 3.32. The maximum Gasteiger partial charge on any atom is 0.149 e. The fourth-order valence-corrected chi connectivity index (χ4v) is 2.28. The number of rotatable bonds is 5. The van der Waals surface area contributed by atoms with Crippen LogP contribution in [0.15, 0.2) is 30.3 Å². The zero-order valence-electron chi connectivity index (χ0n) is 10.5. The Hall–Kier alpha value is -1.23. The molecule has 1 heterocycles. The van der Waals surface area contributed by atoms with E-state index in [2.05, 4.69) is 34.1 Å². The minimum Gasteiger partial charge on any atom is -0.384 e. The van der Waals surface area contributed by atoms with Gasteiger partial charge in [-0.25, -0.2) is 0 Å². The molecule has 1 aliphatic heterocycles. The zero-order chi connectivity index (χ0) is 12.8. The van der Waals surface area contributed by atoms with Crippen molar-refractivity contribution in [2.75, 3.05) is 32.7 Å². The summed E-state index contributed by atoms with van der Waals surface area (Å²) < 4.78 is 0. The summed E-state index contributed by atoms with van der Waals surface area (Å²) in [6.07, 6.45) is -0.234. The Morgan fingerprint density at radius 1 is 1.11 bits per heavy atom. The van der Waals surface area contributed by atoms with E-state index in [0.29, 0.717) is 12.8 Å². The van der Waals surface area contributed by atoms with E-state index >= 15 is 0 Å². The maximum absolute atomic E-state index is 10.4. The van der Waals surface area contributed by atoms with Crippen molar-refractivity contribution in [2.45, 2.75) is 12.6 Å². The number of aliphatic hydroxyl groups excluding tert-OH is 1. The fourth-order valence-electron chi connectivity index (χ4n) is 2.28. The molecule has 1 fully saturated rings. The number of piperazine rings is 1. The van der Waals surface area contributed by atoms with Crippen LogP contribution < -0.4 is 0 Å². The third kappa shape index (κ3) is 3.91. The van der Waals surface area contributed by atoms with E-state index in [1.807, 2.05) is 6.07 Å². The van der Waals surface area contributed by atoms with Crippen LogP contribution >= 0.6 is 0 Å². The summed E-state index contributed by atoms with van der Waals surface area (Å²) in [6.45, 7) is 5.24. The average Bonchev–Trinajstić information content (AvgIpc) is 2.42. The van der Waals surface area contributed by atoms with Crippen molar-refractivity contribution in [1.29, 1.82) is 0 Å². The highest BCUT2D eigenvalue weighted by Gasteiger charge is 2.18. The van der Waals surface area contributed by atoms with Gasteiger partial charge in [0.1, 0.15) is 12.4 Å². The van der Waals surface area contributed by atoms with Gasteiger partial charge in [-0.3, -0.25) is 9.80 Å². The molecule has 4 heteroatoms. The van der Waals surface area contributed by atoms with Crippen molar-refractivity contribution in [3.63, 3.8) is 0 Å². The second-order valence-electron chi connectivity index (χ2n) is 4.77. The molecular weight excluding hydrogens is 228 g/mol. The highest BCUT2D eigenvalue weighted by atomic mass is 16.3. The van der Waals surface area contributed by atoms with Crippen molar-refractivity contribution >= 4 is 6.29 Å². The van der Waals surface area contributed by atoms with Gasteiger partial charge in [0.25, 0.3) is 0 Å². The van der Waals surface area contributed by atoms with Gasteiger partial charge in [-0.15, -0.1) is 0 Å². The van der Waals surface area contributed by atoms with Crippen LogP contribution in [0.4, 0.5) is 0 Å². The van der Waals surface area contributed by atoms with Crippen molar-refractivity contribution in [1.82, 2.24) is 9.80 Å². The lowest BCUT2D eigenvalue weighted by Crippen LogP contribution is -2.48. The molecule has 2 rings (SSSR count). The molecule has 0 aliphatic carbocycles. The molecule has 1 aliphatic rings. The summed E-state index contributed by atoms with van der Waals surface area (Å²) in [5.41, 5.74) is 1.33. The van der Waals surface area contributed by atoms with E-state index in [1.165, 1.54) is 5.56 Å². The Morgan fingerprint density at radius 2 is 1.72 bits per heavy atom. The average molecular weight is 248 g/mol. The van der Waals surface area contributed by atoms with Crippen LogP contribution in [-0.4, -0.2) is 60.0 Å². The van der Waals surface area contributed by atoms with Gasteiger partial charge < -0.3 is 9.90 Å². The molecule has 4 nitrogen and oxygen atoms in total. The molecule has 0 bridgehead atoms. The minimum atomic E-state index is -0.842. The quantitative estimate of drug-likeness (QED) is 0.764. The summed E-state index contributed by atoms with van der Waals surface area (Å²) in [7, 11) is 0. The van der Waals surface area contributed by atoms with Gasteiger partial charge in [0, 0.05) is 39.3 Å². The number of β-amino-alcohol motifs (C(OH)–C–C–N with tert-alkyl or cyclic N) is 1. The first kappa shape index (κ1) is 13.2. The highest BCUT2D eigenvalue weighted by Crippen LogP contribution is 2.08. The predicted octanol–water partition coefficient (Wildman–Crippen LogP) is 0.364. The van der Waals surface area contributed by atoms with E-state index in [4.69, 9.17) is 0 Å². The Labute approximate surface area is 108 Å². The van der Waals surface area contributed by atoms with Gasteiger partial charge in [-0.2, -0.15) is 0 Å². The largest absolute Gasteiger partial charge is 0.384 e. The third-order valence-electron chi connectivity index (χ3n) is 3.32. The molecule has 98 valence electrons. The van der Waals surface area contributed by atoms with Crippen LogP contribution in [0.1, 0.15) is 5.56 Å². The zero-order valence-corrected chi connectivity index (χ0v) is 10.5. The molecule has 0 saturated carbocycles. The lowest BCUT2D eigenvalue weighted by Gasteiger charge is -2.35. The van der Waals surface area contributed by atoms with Crippen molar-refractivity contribution in [3.8, 4) is 0 Å². The smallest absolute Gasteiger partial charge is 0.149 e. The number of benzene rings is 1. The molecular formula is C14H20N2O2. The van der Waals surface area contributed by atoms with E-state index in [1.54, 1.807) is 0 Å².